The van der Waals surface area contributed by atoms with Gasteiger partial charge < -0.3 is 4.90 Å². The normalized spacial score (nSPS) is 31.8. The molecule has 2 saturated heterocycles. The van der Waals surface area contributed by atoms with Gasteiger partial charge in [0.15, 0.2) is 0 Å². The van der Waals surface area contributed by atoms with E-state index < -0.39 is 0 Å². The molecule has 2 aliphatic heterocycles. The predicted octanol–water partition coefficient (Wildman–Crippen LogP) is 2.17. The van der Waals surface area contributed by atoms with Crippen molar-refractivity contribution >= 4 is 5.91 Å². The van der Waals surface area contributed by atoms with Gasteiger partial charge in [0.1, 0.15) is 6.04 Å². The first kappa shape index (κ1) is 15.1. The number of likely N-dealkylation sites (tertiary alicyclic amines) is 1. The molecular formula is C18H26N4O. The minimum absolute atomic E-state index is 0.0666. The summed E-state index contributed by atoms with van der Waals surface area (Å²) in [5.74, 6) is 1.05. The van der Waals surface area contributed by atoms with Crippen LogP contribution in [0.4, 0.5) is 0 Å². The first-order chi connectivity index (χ1) is 11.3. The average molecular weight is 314 g/mol. The molecule has 1 aromatic rings. The van der Waals surface area contributed by atoms with Crippen molar-refractivity contribution in [3.05, 3.63) is 30.1 Å². The number of hydrogen-bond donors (Lipinski definition) is 2. The molecule has 1 aliphatic carbocycles. The largest absolute Gasteiger partial charge is 0.334 e. The maximum Gasteiger partial charge on any atom is 0.241 e. The van der Waals surface area contributed by atoms with Gasteiger partial charge in [-0.1, -0.05) is 12.8 Å². The smallest absolute Gasteiger partial charge is 0.241 e. The Morgan fingerprint density at radius 1 is 1.09 bits per heavy atom. The van der Waals surface area contributed by atoms with Gasteiger partial charge in [0.05, 0.1) is 6.04 Å². The van der Waals surface area contributed by atoms with Gasteiger partial charge in [0, 0.05) is 25.0 Å². The number of pyridine rings is 1. The Bertz CT molecular complexity index is 545. The molecule has 1 amide bonds. The fraction of sp³-hybridized carbons (Fsp3) is 0.667. The van der Waals surface area contributed by atoms with Gasteiger partial charge in [0.25, 0.3) is 0 Å². The maximum absolute atomic E-state index is 13.1. The zero-order valence-corrected chi connectivity index (χ0v) is 13.6. The first-order valence-corrected chi connectivity index (χ1v) is 9.04. The van der Waals surface area contributed by atoms with Crippen molar-refractivity contribution < 1.29 is 4.79 Å². The third kappa shape index (κ3) is 3.26. The molecule has 2 N–H and O–H groups in total. The van der Waals surface area contributed by atoms with Crippen molar-refractivity contribution in [2.75, 3.05) is 6.54 Å². The molecule has 3 unspecified atom stereocenters. The van der Waals surface area contributed by atoms with Gasteiger partial charge in [-0.2, -0.15) is 0 Å². The number of nitrogens with one attached hydrogen (secondary N) is 2. The van der Waals surface area contributed by atoms with Crippen LogP contribution in [-0.2, 0) is 4.79 Å². The van der Waals surface area contributed by atoms with Crippen LogP contribution in [0.2, 0.25) is 0 Å². The van der Waals surface area contributed by atoms with Crippen molar-refractivity contribution in [1.82, 2.24) is 20.7 Å². The van der Waals surface area contributed by atoms with E-state index in [-0.39, 0.29) is 18.0 Å². The van der Waals surface area contributed by atoms with E-state index in [1.807, 2.05) is 12.4 Å². The van der Waals surface area contributed by atoms with E-state index in [1.54, 1.807) is 0 Å². The Morgan fingerprint density at radius 3 is 2.70 bits per heavy atom. The summed E-state index contributed by atoms with van der Waals surface area (Å²) < 4.78 is 0. The molecule has 0 spiro atoms. The highest BCUT2D eigenvalue weighted by atomic mass is 16.2. The minimum atomic E-state index is -0.0666. The lowest BCUT2D eigenvalue weighted by Gasteiger charge is -2.32. The summed E-state index contributed by atoms with van der Waals surface area (Å²) in [6.45, 7) is 0.873. The van der Waals surface area contributed by atoms with Gasteiger partial charge in [-0.3, -0.25) is 15.2 Å². The van der Waals surface area contributed by atoms with E-state index in [9.17, 15) is 4.79 Å². The monoisotopic (exact) mass is 314 g/mol. The van der Waals surface area contributed by atoms with Crippen LogP contribution >= 0.6 is 0 Å². The molecule has 1 aromatic heterocycles. The molecule has 1 saturated carbocycles. The van der Waals surface area contributed by atoms with Crippen LogP contribution in [0.25, 0.3) is 0 Å². The lowest BCUT2D eigenvalue weighted by Crippen LogP contribution is -2.47. The molecule has 3 atom stereocenters. The zero-order chi connectivity index (χ0) is 15.6. The van der Waals surface area contributed by atoms with Gasteiger partial charge in [-0.05, 0) is 55.7 Å². The second-order valence-electron chi connectivity index (χ2n) is 7.20. The molecule has 5 nitrogen and oxygen atoms in total. The molecular weight excluding hydrogens is 288 g/mol. The number of aromatic nitrogens is 1. The van der Waals surface area contributed by atoms with E-state index in [0.29, 0.717) is 6.04 Å². The third-order valence-corrected chi connectivity index (χ3v) is 5.55. The maximum atomic E-state index is 13.1. The Hall–Kier alpha value is -1.46. The number of carbonyl (C=O) groups excluding carboxylic acids is 1. The van der Waals surface area contributed by atoms with Crippen molar-refractivity contribution in [2.24, 2.45) is 5.92 Å². The predicted molar refractivity (Wildman–Crippen MR) is 88.3 cm³/mol. The topological polar surface area (TPSA) is 57.3 Å². The summed E-state index contributed by atoms with van der Waals surface area (Å²) in [5, 5.41) is 0. The van der Waals surface area contributed by atoms with E-state index >= 15 is 0 Å². The van der Waals surface area contributed by atoms with Crippen LogP contribution in [0.1, 0.15) is 56.6 Å². The fourth-order valence-electron chi connectivity index (χ4n) is 4.06. The standard InChI is InChI=1S/C18H26N4O/c23-18(16-12-15(20-21-16)13-5-6-13)22-11-3-1-2-4-17(22)14-7-9-19-10-8-14/h7-10,13,15-17,20-21H,1-6,11-12H2. The van der Waals surface area contributed by atoms with Gasteiger partial charge in [0.2, 0.25) is 5.91 Å². The van der Waals surface area contributed by atoms with Gasteiger partial charge in [-0.25, -0.2) is 5.43 Å². The quantitative estimate of drug-likeness (QED) is 0.898. The number of hydrazine groups is 1. The highest BCUT2D eigenvalue weighted by Crippen LogP contribution is 2.37. The summed E-state index contributed by atoms with van der Waals surface area (Å²) in [5.41, 5.74) is 7.84. The number of rotatable bonds is 3. The summed E-state index contributed by atoms with van der Waals surface area (Å²) in [6.07, 6.45) is 11.8. The molecule has 0 radical (unpaired) electrons. The van der Waals surface area contributed by atoms with Crippen molar-refractivity contribution in [3.63, 3.8) is 0 Å². The van der Waals surface area contributed by atoms with Gasteiger partial charge >= 0.3 is 0 Å². The zero-order valence-electron chi connectivity index (χ0n) is 13.6. The molecule has 0 bridgehead atoms. The average Bonchev–Trinajstić information content (AvgIpc) is 3.37. The summed E-state index contributed by atoms with van der Waals surface area (Å²) in [7, 11) is 0. The molecule has 0 aromatic carbocycles. The lowest BCUT2D eigenvalue weighted by molar-refractivity contribution is -0.135. The Morgan fingerprint density at radius 2 is 1.91 bits per heavy atom. The molecule has 124 valence electrons. The van der Waals surface area contributed by atoms with Crippen molar-refractivity contribution in [2.45, 2.75) is 63.1 Å². The van der Waals surface area contributed by atoms with Crippen LogP contribution in [0.5, 0.6) is 0 Å². The lowest BCUT2D eigenvalue weighted by atomic mass is 10.00. The van der Waals surface area contributed by atoms with Crippen LogP contribution in [0.15, 0.2) is 24.5 Å². The molecule has 5 heteroatoms. The van der Waals surface area contributed by atoms with E-state index in [0.717, 1.165) is 31.7 Å². The van der Waals surface area contributed by atoms with Crippen LogP contribution in [0, 0.1) is 5.92 Å². The summed E-state index contributed by atoms with van der Waals surface area (Å²) in [6, 6.07) is 4.74. The highest BCUT2D eigenvalue weighted by Gasteiger charge is 2.41. The number of amides is 1. The number of nitrogens with zero attached hydrogens (tertiary/aromatic N) is 2. The molecule has 3 aliphatic rings. The van der Waals surface area contributed by atoms with Gasteiger partial charge in [-0.15, -0.1) is 0 Å². The van der Waals surface area contributed by atoms with Crippen LogP contribution in [-0.4, -0.2) is 34.4 Å². The first-order valence-electron chi connectivity index (χ1n) is 9.04. The molecule has 23 heavy (non-hydrogen) atoms. The highest BCUT2D eigenvalue weighted by molar-refractivity contribution is 5.82. The van der Waals surface area contributed by atoms with E-state index in [4.69, 9.17) is 0 Å². The Balaban J connectivity index is 1.50. The van der Waals surface area contributed by atoms with Crippen molar-refractivity contribution in [3.8, 4) is 0 Å². The Labute approximate surface area is 137 Å². The molecule has 3 heterocycles. The van der Waals surface area contributed by atoms with Crippen LogP contribution < -0.4 is 10.9 Å². The van der Waals surface area contributed by atoms with E-state index in [1.165, 1.54) is 31.2 Å². The molecule has 3 fully saturated rings. The fourth-order valence-corrected chi connectivity index (χ4v) is 4.06. The van der Waals surface area contributed by atoms with Crippen molar-refractivity contribution in [1.29, 1.82) is 0 Å². The van der Waals surface area contributed by atoms with Crippen LogP contribution in [0.3, 0.4) is 0 Å². The number of hydrogen-bond acceptors (Lipinski definition) is 4. The molecule has 4 rings (SSSR count). The second kappa shape index (κ2) is 6.57. The number of carbonyl (C=O) groups is 1. The minimum Gasteiger partial charge on any atom is -0.334 e. The second-order valence-corrected chi connectivity index (χ2v) is 7.20. The third-order valence-electron chi connectivity index (χ3n) is 5.55. The summed E-state index contributed by atoms with van der Waals surface area (Å²) in [4.78, 5) is 19.4. The summed E-state index contributed by atoms with van der Waals surface area (Å²) >= 11 is 0. The Kier molecular flexibility index (Phi) is 4.31. The SMILES string of the molecule is O=C(C1CC(C2CC2)NN1)N1CCCCCC1c1ccncc1. The van der Waals surface area contributed by atoms with E-state index in [2.05, 4.69) is 32.9 Å².